The molecule has 1 aromatic carbocycles. The predicted octanol–water partition coefficient (Wildman–Crippen LogP) is 1.41. The Kier molecular flexibility index (Phi) is 17.5. The first-order valence-electron chi connectivity index (χ1n) is 22.0. The van der Waals surface area contributed by atoms with Gasteiger partial charge < -0.3 is 69.4 Å². The van der Waals surface area contributed by atoms with Gasteiger partial charge in [0.15, 0.2) is 18.2 Å². The number of amides is 2. The van der Waals surface area contributed by atoms with E-state index in [1.165, 1.54) is 20.8 Å². The van der Waals surface area contributed by atoms with E-state index in [4.69, 9.17) is 28.4 Å². The van der Waals surface area contributed by atoms with Gasteiger partial charge in [-0.05, 0) is 80.9 Å². The van der Waals surface area contributed by atoms with Gasteiger partial charge in [0, 0.05) is 38.8 Å². The number of ether oxygens (including phenoxy) is 6. The van der Waals surface area contributed by atoms with Crippen molar-refractivity contribution in [2.75, 3.05) is 20.3 Å². The maximum atomic E-state index is 13.7. The maximum absolute atomic E-state index is 13.7. The summed E-state index contributed by atoms with van der Waals surface area (Å²) in [5, 5.41) is 59.5. The lowest BCUT2D eigenvalue weighted by Gasteiger charge is -2.51. The van der Waals surface area contributed by atoms with Crippen molar-refractivity contribution >= 4 is 23.4 Å². The Hall–Kier alpha value is -3.10. The van der Waals surface area contributed by atoms with E-state index >= 15 is 0 Å². The van der Waals surface area contributed by atoms with Gasteiger partial charge in [-0.2, -0.15) is 0 Å². The number of Topliss-reactive ketones (excluding diaryl/α,β-unsaturated/α-hetero) is 2. The number of methoxy groups -OCH3 is 1. The van der Waals surface area contributed by atoms with E-state index in [0.717, 1.165) is 5.56 Å². The van der Waals surface area contributed by atoms with Crippen LogP contribution in [0.4, 0.5) is 0 Å². The van der Waals surface area contributed by atoms with E-state index in [2.05, 4.69) is 10.6 Å². The minimum atomic E-state index is -1.32. The third kappa shape index (κ3) is 11.2. The smallest absolute Gasteiger partial charge is 0.252 e. The molecule has 20 atom stereocenters. The zero-order valence-corrected chi connectivity index (χ0v) is 37.4. The van der Waals surface area contributed by atoms with E-state index in [-0.39, 0.29) is 73.0 Å². The lowest BCUT2D eigenvalue weighted by molar-refractivity contribution is -0.311. The highest BCUT2D eigenvalue weighted by atomic mass is 16.7. The van der Waals surface area contributed by atoms with Crippen molar-refractivity contribution in [2.24, 2.45) is 41.4 Å². The summed E-state index contributed by atoms with van der Waals surface area (Å²) in [4.78, 5) is 51.8. The van der Waals surface area contributed by atoms with Crippen LogP contribution >= 0.6 is 0 Å². The number of phenolic OH excluding ortho intramolecular Hbond substituents is 1. The van der Waals surface area contributed by atoms with Crippen molar-refractivity contribution in [2.45, 2.75) is 161 Å². The molecule has 7 N–H and O–H groups in total. The number of aromatic hydroxyl groups is 1. The third-order valence-corrected chi connectivity index (χ3v) is 14.1. The number of phenols is 1. The highest BCUT2D eigenvalue weighted by molar-refractivity contribution is 5.82. The van der Waals surface area contributed by atoms with Crippen LogP contribution in [0.2, 0.25) is 0 Å². The fourth-order valence-corrected chi connectivity index (χ4v) is 10.4. The number of hydrogen-bond donors (Lipinski definition) is 7. The second-order valence-electron chi connectivity index (χ2n) is 18.3. The molecule has 2 amide bonds. The quantitative estimate of drug-likeness (QED) is 0.124. The first-order chi connectivity index (χ1) is 29.3. The molecule has 62 heavy (non-hydrogen) atoms. The number of aliphatic hydroxyl groups is 4. The van der Waals surface area contributed by atoms with Crippen LogP contribution in [0.5, 0.6) is 5.75 Å². The molecule has 4 saturated heterocycles. The van der Waals surface area contributed by atoms with Crippen LogP contribution in [-0.4, -0.2) is 149 Å². The van der Waals surface area contributed by atoms with Gasteiger partial charge >= 0.3 is 0 Å². The molecule has 8 unspecified atom stereocenters. The van der Waals surface area contributed by atoms with Gasteiger partial charge in [-0.15, -0.1) is 0 Å². The number of rotatable bonds is 16. The van der Waals surface area contributed by atoms with Crippen molar-refractivity contribution in [3.63, 3.8) is 0 Å². The number of carbonyl (C=O) groups excluding carboxylic acids is 4. The normalized spacial score (nSPS) is 41.2. The molecule has 0 spiro atoms. The van der Waals surface area contributed by atoms with Gasteiger partial charge in [0.25, 0.3) is 5.91 Å². The molecule has 0 radical (unpaired) electrons. The number of carbonyl (C=O) groups is 4. The van der Waals surface area contributed by atoms with Crippen LogP contribution in [-0.2, 0) is 54.1 Å². The van der Waals surface area contributed by atoms with E-state index in [0.29, 0.717) is 6.42 Å². The number of nitrogens with one attached hydrogen (secondary N) is 2. The summed E-state index contributed by atoms with van der Waals surface area (Å²) in [6.07, 6.45) is -10.4. The van der Waals surface area contributed by atoms with Crippen molar-refractivity contribution in [1.29, 1.82) is 0 Å². The average molecular weight is 879 g/mol. The van der Waals surface area contributed by atoms with Gasteiger partial charge in [0.1, 0.15) is 35.9 Å². The predicted molar refractivity (Wildman–Crippen MR) is 222 cm³/mol. The number of aliphatic hydroxyl groups excluding tert-OH is 4. The van der Waals surface area contributed by atoms with Gasteiger partial charge in [-0.3, -0.25) is 14.4 Å². The summed E-state index contributed by atoms with van der Waals surface area (Å²) in [7, 11) is 1.55. The lowest BCUT2D eigenvalue weighted by atomic mass is 9.66. The molecule has 350 valence electrons. The monoisotopic (exact) mass is 878 g/mol. The molecule has 1 aromatic rings. The molecule has 0 saturated carbocycles. The van der Waals surface area contributed by atoms with Crippen LogP contribution in [0.25, 0.3) is 0 Å². The summed E-state index contributed by atoms with van der Waals surface area (Å²) in [5.41, 5.74) is 0.798. The van der Waals surface area contributed by atoms with E-state index < -0.39 is 110 Å². The summed E-state index contributed by atoms with van der Waals surface area (Å²) in [5.74, 6) is -3.72. The van der Waals surface area contributed by atoms with Crippen LogP contribution < -0.4 is 10.6 Å². The summed E-state index contributed by atoms with van der Waals surface area (Å²) < 4.78 is 37.5. The molecular weight excluding hydrogens is 808 g/mol. The SMILES string of the molecule is CO[C@@H]1C(C(=O)NCc2ccc(O)cc2)O[C@@H](C[C@@H]2C(CO)O[C@@H](C[C@@H]3C(C(C)=O)O[C@@H](O[C@@H]4C(CO)O[C@@H](C)C(NC(C)=O)[C@H]4O)C(C)[C@H]3O)C(CC(C)=O)[C@H]2C)C(C)[C@H]1C. The van der Waals surface area contributed by atoms with Crippen molar-refractivity contribution in [3.8, 4) is 5.75 Å². The van der Waals surface area contributed by atoms with Crippen LogP contribution in [0.15, 0.2) is 24.3 Å². The maximum Gasteiger partial charge on any atom is 0.252 e. The first kappa shape index (κ1) is 49.9. The third-order valence-electron chi connectivity index (χ3n) is 14.1. The fraction of sp³-hybridized carbons (Fsp3) is 0.778. The first-order valence-corrected chi connectivity index (χ1v) is 22.0. The lowest BCUT2D eigenvalue weighted by Crippen LogP contribution is -2.65. The average Bonchev–Trinajstić information content (AvgIpc) is 3.22. The minimum absolute atomic E-state index is 0.0623. The van der Waals surface area contributed by atoms with Gasteiger partial charge in [0.2, 0.25) is 5.91 Å². The van der Waals surface area contributed by atoms with E-state index in [1.54, 1.807) is 45.2 Å². The Morgan fingerprint density at radius 2 is 1.34 bits per heavy atom. The Morgan fingerprint density at radius 1 is 0.694 bits per heavy atom. The molecule has 0 aliphatic carbocycles. The molecule has 5 rings (SSSR count). The molecule has 4 fully saturated rings. The molecule has 0 bridgehead atoms. The molecule has 0 aromatic heterocycles. The van der Waals surface area contributed by atoms with Crippen molar-refractivity contribution < 1.29 is 73.1 Å². The van der Waals surface area contributed by atoms with Gasteiger partial charge in [-0.25, -0.2) is 0 Å². The van der Waals surface area contributed by atoms with Crippen molar-refractivity contribution in [3.05, 3.63) is 29.8 Å². The number of hydrogen-bond acceptors (Lipinski definition) is 15. The molecule has 4 aliphatic rings. The van der Waals surface area contributed by atoms with Gasteiger partial charge in [-0.1, -0.05) is 39.8 Å². The van der Waals surface area contributed by atoms with Crippen molar-refractivity contribution in [1.82, 2.24) is 10.6 Å². The number of ketones is 2. The van der Waals surface area contributed by atoms with E-state index in [9.17, 15) is 44.7 Å². The Labute approximate surface area is 364 Å². The standard InChI is InChI=1S/C45H70N2O15/c1-20(50)14-30-23(4)31(15-33-21(2)22(3)40(57-9)43(60-33)44(56)46-17-28-10-12-29(53)13-11-28)35(18-48)59-34(30)16-32-38(54)24(5)45(61-41(32)25(6)51)62-42-36(19-49)58-26(7)37(39(42)55)47-27(8)52/h10-13,21-24,26,30-43,45,48-49,53-55H,14-19H2,1-9H3,(H,46,56)(H,47,52)/t21?,22-,23-,24?,26+,30?,31+,32+,33+,34+,35?,36?,37?,38-,39-,40+,41?,42-,43?,45+/m1/s1. The number of benzene rings is 1. The minimum Gasteiger partial charge on any atom is -0.508 e. The van der Waals surface area contributed by atoms with Crippen LogP contribution in [0.1, 0.15) is 80.2 Å². The fourth-order valence-electron chi connectivity index (χ4n) is 10.4. The summed E-state index contributed by atoms with van der Waals surface area (Å²) in [6, 6.07) is 5.67. The van der Waals surface area contributed by atoms with Crippen LogP contribution in [0, 0.1) is 41.4 Å². The molecule has 17 nitrogen and oxygen atoms in total. The largest absolute Gasteiger partial charge is 0.508 e. The zero-order chi connectivity index (χ0) is 45.7. The van der Waals surface area contributed by atoms with Crippen LogP contribution in [0.3, 0.4) is 0 Å². The summed E-state index contributed by atoms with van der Waals surface area (Å²) >= 11 is 0. The second kappa shape index (κ2) is 21.7. The Balaban J connectivity index is 1.33. The summed E-state index contributed by atoms with van der Waals surface area (Å²) in [6.45, 7) is 12.9. The molecule has 4 aliphatic heterocycles. The Morgan fingerprint density at radius 3 is 1.92 bits per heavy atom. The van der Waals surface area contributed by atoms with Gasteiger partial charge in [0.05, 0.1) is 55.9 Å². The molecular formula is C45H70N2O15. The van der Waals surface area contributed by atoms with E-state index in [1.807, 2.05) is 20.8 Å². The molecule has 17 heteroatoms. The molecule has 4 heterocycles. The highest BCUT2D eigenvalue weighted by Gasteiger charge is 2.54. The zero-order valence-electron chi connectivity index (χ0n) is 37.4. The Bertz CT molecular complexity index is 1670. The highest BCUT2D eigenvalue weighted by Crippen LogP contribution is 2.47. The topological polar surface area (TPSA) is 249 Å². The second-order valence-corrected chi connectivity index (χ2v) is 18.3.